The summed E-state index contributed by atoms with van der Waals surface area (Å²) in [4.78, 5) is 22.7. The van der Waals surface area contributed by atoms with E-state index in [9.17, 15) is 14.9 Å². The Morgan fingerprint density at radius 2 is 2.00 bits per heavy atom. The molecular formula is C12H14N2O4. The van der Waals surface area contributed by atoms with Crippen molar-refractivity contribution >= 4 is 17.3 Å². The molecule has 0 heterocycles. The average Bonchev–Trinajstić information content (AvgIpc) is 3.14. The van der Waals surface area contributed by atoms with Crippen LogP contribution >= 0.6 is 0 Å². The number of carboxylic acids is 1. The van der Waals surface area contributed by atoms with E-state index in [2.05, 4.69) is 0 Å². The van der Waals surface area contributed by atoms with Gasteiger partial charge in [-0.3, -0.25) is 14.9 Å². The molecule has 1 N–H and O–H groups in total. The van der Waals surface area contributed by atoms with E-state index < -0.39 is 10.9 Å². The van der Waals surface area contributed by atoms with Gasteiger partial charge in [0.25, 0.3) is 5.69 Å². The molecule has 1 aliphatic rings. The minimum atomic E-state index is -0.831. The van der Waals surface area contributed by atoms with Crippen LogP contribution in [0, 0.1) is 10.1 Å². The normalized spacial score (nSPS) is 14.2. The Bertz CT molecular complexity index is 454. The standard InChI is InChI=1S/C12H14N2O4/c15-12(16)7-8-13(9-1-2-9)10-3-5-11(6-4-10)14(17)18/h3-6,9H,1-2,7-8H2,(H,15,16). The molecule has 0 saturated heterocycles. The number of anilines is 1. The summed E-state index contributed by atoms with van der Waals surface area (Å²) in [5.41, 5.74) is 0.900. The summed E-state index contributed by atoms with van der Waals surface area (Å²) in [6, 6.07) is 6.64. The highest BCUT2D eigenvalue weighted by atomic mass is 16.6. The highest BCUT2D eigenvalue weighted by Crippen LogP contribution is 2.32. The molecular weight excluding hydrogens is 236 g/mol. The van der Waals surface area contributed by atoms with Crippen LogP contribution in [0.2, 0.25) is 0 Å². The first-order valence-electron chi connectivity index (χ1n) is 5.81. The fraction of sp³-hybridized carbons (Fsp3) is 0.417. The molecule has 0 atom stereocenters. The zero-order valence-electron chi connectivity index (χ0n) is 9.78. The van der Waals surface area contributed by atoms with Crippen molar-refractivity contribution in [1.29, 1.82) is 0 Å². The Labute approximate surface area is 104 Å². The lowest BCUT2D eigenvalue weighted by molar-refractivity contribution is -0.384. The van der Waals surface area contributed by atoms with Crippen LogP contribution in [0.4, 0.5) is 11.4 Å². The van der Waals surface area contributed by atoms with Gasteiger partial charge in [0.2, 0.25) is 0 Å². The Hall–Kier alpha value is -2.11. The first-order chi connectivity index (χ1) is 8.58. The van der Waals surface area contributed by atoms with E-state index in [1.165, 1.54) is 12.1 Å². The minimum absolute atomic E-state index is 0.0488. The summed E-state index contributed by atoms with van der Waals surface area (Å²) in [7, 11) is 0. The van der Waals surface area contributed by atoms with Crippen LogP contribution in [-0.2, 0) is 4.79 Å². The third-order valence-corrected chi connectivity index (χ3v) is 2.95. The fourth-order valence-electron chi connectivity index (χ4n) is 1.89. The van der Waals surface area contributed by atoms with Gasteiger partial charge in [0, 0.05) is 30.4 Å². The maximum Gasteiger partial charge on any atom is 0.305 e. The van der Waals surface area contributed by atoms with Crippen molar-refractivity contribution in [2.24, 2.45) is 0 Å². The van der Waals surface area contributed by atoms with E-state index in [0.29, 0.717) is 12.6 Å². The maximum atomic E-state index is 10.6. The van der Waals surface area contributed by atoms with Crippen molar-refractivity contribution in [1.82, 2.24) is 0 Å². The molecule has 0 aliphatic heterocycles. The van der Waals surface area contributed by atoms with Crippen LogP contribution < -0.4 is 4.90 Å². The van der Waals surface area contributed by atoms with Crippen LogP contribution in [0.15, 0.2) is 24.3 Å². The predicted molar refractivity (Wildman–Crippen MR) is 65.7 cm³/mol. The Morgan fingerprint density at radius 3 is 2.44 bits per heavy atom. The largest absolute Gasteiger partial charge is 0.481 e. The molecule has 1 saturated carbocycles. The smallest absolute Gasteiger partial charge is 0.305 e. The molecule has 1 aromatic rings. The molecule has 0 radical (unpaired) electrons. The molecule has 0 spiro atoms. The second kappa shape index (κ2) is 5.03. The lowest BCUT2D eigenvalue weighted by Gasteiger charge is -2.23. The summed E-state index contributed by atoms with van der Waals surface area (Å²) in [5, 5.41) is 19.3. The van der Waals surface area contributed by atoms with Crippen molar-refractivity contribution in [3.8, 4) is 0 Å². The van der Waals surface area contributed by atoms with Gasteiger partial charge in [0.15, 0.2) is 0 Å². The number of hydrogen-bond acceptors (Lipinski definition) is 4. The molecule has 0 bridgehead atoms. The SMILES string of the molecule is O=C(O)CCN(c1ccc([N+](=O)[O-])cc1)C1CC1. The summed E-state index contributed by atoms with van der Waals surface area (Å²) in [6.07, 6.45) is 2.18. The lowest BCUT2D eigenvalue weighted by Crippen LogP contribution is -2.28. The number of non-ortho nitro benzene ring substituents is 1. The highest BCUT2D eigenvalue weighted by molar-refractivity contribution is 5.68. The van der Waals surface area contributed by atoms with Crippen molar-refractivity contribution in [2.45, 2.75) is 25.3 Å². The molecule has 1 aromatic carbocycles. The Morgan fingerprint density at radius 1 is 1.39 bits per heavy atom. The number of carbonyl (C=O) groups is 1. The molecule has 96 valence electrons. The van der Waals surface area contributed by atoms with Crippen molar-refractivity contribution in [3.05, 3.63) is 34.4 Å². The topological polar surface area (TPSA) is 83.7 Å². The monoisotopic (exact) mass is 250 g/mol. The van der Waals surface area contributed by atoms with Gasteiger partial charge in [0.1, 0.15) is 0 Å². The van der Waals surface area contributed by atoms with Crippen LogP contribution in [0.5, 0.6) is 0 Å². The molecule has 0 unspecified atom stereocenters. The number of nitro groups is 1. The number of rotatable bonds is 6. The minimum Gasteiger partial charge on any atom is -0.481 e. The maximum absolute atomic E-state index is 10.6. The zero-order chi connectivity index (χ0) is 13.1. The van der Waals surface area contributed by atoms with Crippen molar-refractivity contribution < 1.29 is 14.8 Å². The van der Waals surface area contributed by atoms with Crippen LogP contribution in [0.25, 0.3) is 0 Å². The van der Waals surface area contributed by atoms with Crippen LogP contribution in [-0.4, -0.2) is 28.6 Å². The molecule has 18 heavy (non-hydrogen) atoms. The van der Waals surface area contributed by atoms with Gasteiger partial charge in [-0.2, -0.15) is 0 Å². The molecule has 1 fully saturated rings. The summed E-state index contributed by atoms with van der Waals surface area (Å²) < 4.78 is 0. The fourth-order valence-corrected chi connectivity index (χ4v) is 1.89. The van der Waals surface area contributed by atoms with Crippen LogP contribution in [0.3, 0.4) is 0 Å². The first kappa shape index (κ1) is 12.3. The molecule has 2 rings (SSSR count). The van der Waals surface area contributed by atoms with Crippen molar-refractivity contribution in [2.75, 3.05) is 11.4 Å². The van der Waals surface area contributed by atoms with E-state index in [1.54, 1.807) is 12.1 Å². The Balaban J connectivity index is 2.10. The number of carboxylic acid groups (broad SMARTS) is 1. The van der Waals surface area contributed by atoms with Gasteiger partial charge in [-0.05, 0) is 25.0 Å². The molecule has 6 heteroatoms. The second-order valence-electron chi connectivity index (χ2n) is 4.34. The van der Waals surface area contributed by atoms with Gasteiger partial charge < -0.3 is 10.0 Å². The average molecular weight is 250 g/mol. The molecule has 1 aliphatic carbocycles. The summed E-state index contributed by atoms with van der Waals surface area (Å²) in [5.74, 6) is -0.831. The van der Waals surface area contributed by atoms with Gasteiger partial charge >= 0.3 is 5.97 Å². The summed E-state index contributed by atoms with van der Waals surface area (Å²) in [6.45, 7) is 0.442. The number of hydrogen-bond donors (Lipinski definition) is 1. The molecule has 6 nitrogen and oxygen atoms in total. The molecule has 0 aromatic heterocycles. The third-order valence-electron chi connectivity index (χ3n) is 2.95. The number of benzene rings is 1. The quantitative estimate of drug-likeness (QED) is 0.617. The second-order valence-corrected chi connectivity index (χ2v) is 4.34. The van der Waals surface area contributed by atoms with Gasteiger partial charge in [-0.15, -0.1) is 0 Å². The first-order valence-corrected chi connectivity index (χ1v) is 5.81. The Kier molecular flexibility index (Phi) is 3.45. The molecule has 0 amide bonds. The van der Waals surface area contributed by atoms with Gasteiger partial charge in [-0.25, -0.2) is 0 Å². The summed E-state index contributed by atoms with van der Waals surface area (Å²) >= 11 is 0. The van der Waals surface area contributed by atoms with Crippen molar-refractivity contribution in [3.63, 3.8) is 0 Å². The van der Waals surface area contributed by atoms with Gasteiger partial charge in [0.05, 0.1) is 11.3 Å². The van der Waals surface area contributed by atoms with E-state index in [4.69, 9.17) is 5.11 Å². The van der Waals surface area contributed by atoms with Gasteiger partial charge in [-0.1, -0.05) is 0 Å². The zero-order valence-corrected chi connectivity index (χ0v) is 9.78. The number of aliphatic carboxylic acids is 1. The third kappa shape index (κ3) is 2.97. The number of nitrogens with zero attached hydrogens (tertiary/aromatic N) is 2. The van der Waals surface area contributed by atoms with E-state index in [0.717, 1.165) is 18.5 Å². The number of nitro benzene ring substituents is 1. The lowest BCUT2D eigenvalue weighted by atomic mass is 10.2. The van der Waals surface area contributed by atoms with E-state index in [-0.39, 0.29) is 12.1 Å². The van der Waals surface area contributed by atoms with Crippen LogP contribution in [0.1, 0.15) is 19.3 Å². The van der Waals surface area contributed by atoms with E-state index >= 15 is 0 Å². The predicted octanol–water partition coefficient (Wildman–Crippen LogP) is 2.04. The highest BCUT2D eigenvalue weighted by Gasteiger charge is 2.29. The van der Waals surface area contributed by atoms with E-state index in [1.807, 2.05) is 4.90 Å².